The molecule has 0 bridgehead atoms. The van der Waals surface area contributed by atoms with Gasteiger partial charge in [0.15, 0.2) is 17.3 Å². The van der Waals surface area contributed by atoms with Crippen LogP contribution in [0.1, 0.15) is 5.56 Å². The smallest absolute Gasteiger partial charge is 0.173 e. The third-order valence-corrected chi connectivity index (χ3v) is 3.96. The number of methoxy groups -OCH3 is 2. The van der Waals surface area contributed by atoms with Gasteiger partial charge in [0.05, 0.1) is 32.0 Å². The van der Waals surface area contributed by atoms with Crippen LogP contribution in [0.4, 0.5) is 0 Å². The summed E-state index contributed by atoms with van der Waals surface area (Å²) in [6.07, 6.45) is 0. The van der Waals surface area contributed by atoms with E-state index in [4.69, 9.17) is 25.6 Å². The predicted molar refractivity (Wildman–Crippen MR) is 91.4 cm³/mol. The number of ether oxygens (including phenoxy) is 2. The van der Waals surface area contributed by atoms with E-state index < -0.39 is 0 Å². The molecule has 1 aromatic heterocycles. The Labute approximate surface area is 144 Å². The van der Waals surface area contributed by atoms with Gasteiger partial charge >= 0.3 is 0 Å². The summed E-state index contributed by atoms with van der Waals surface area (Å²) in [5, 5.41) is 14.6. The first-order valence-electron chi connectivity index (χ1n) is 7.26. The highest BCUT2D eigenvalue weighted by atomic mass is 35.5. The molecule has 0 saturated carbocycles. The SMILES string of the molecule is COc1cccc(-c2noc(-c3ccc(Cl)cc3)c2CO)c1OC. The fourth-order valence-electron chi connectivity index (χ4n) is 2.57. The summed E-state index contributed by atoms with van der Waals surface area (Å²) < 4.78 is 16.3. The van der Waals surface area contributed by atoms with Crippen LogP contribution < -0.4 is 9.47 Å². The van der Waals surface area contributed by atoms with E-state index in [1.807, 2.05) is 24.3 Å². The molecule has 1 heterocycles. The lowest BCUT2D eigenvalue weighted by Gasteiger charge is -2.11. The number of nitrogens with zero attached hydrogens (tertiary/aromatic N) is 1. The number of halogens is 1. The van der Waals surface area contributed by atoms with E-state index in [1.165, 1.54) is 0 Å². The first kappa shape index (κ1) is 16.4. The molecule has 6 heteroatoms. The van der Waals surface area contributed by atoms with Crippen molar-refractivity contribution < 1.29 is 19.1 Å². The number of aromatic nitrogens is 1. The summed E-state index contributed by atoms with van der Waals surface area (Å²) in [6.45, 7) is -0.225. The van der Waals surface area contributed by atoms with Crippen molar-refractivity contribution in [2.75, 3.05) is 14.2 Å². The van der Waals surface area contributed by atoms with Crippen LogP contribution in [0.2, 0.25) is 5.02 Å². The van der Waals surface area contributed by atoms with Crippen molar-refractivity contribution in [3.05, 3.63) is 53.1 Å². The van der Waals surface area contributed by atoms with Crippen molar-refractivity contribution in [1.82, 2.24) is 5.16 Å². The van der Waals surface area contributed by atoms with E-state index >= 15 is 0 Å². The second-order valence-electron chi connectivity index (χ2n) is 5.04. The van der Waals surface area contributed by atoms with Crippen molar-refractivity contribution in [3.63, 3.8) is 0 Å². The van der Waals surface area contributed by atoms with E-state index in [0.29, 0.717) is 39.1 Å². The van der Waals surface area contributed by atoms with Gasteiger partial charge in [-0.15, -0.1) is 0 Å². The van der Waals surface area contributed by atoms with Gasteiger partial charge in [-0.25, -0.2) is 0 Å². The highest BCUT2D eigenvalue weighted by Gasteiger charge is 2.22. The van der Waals surface area contributed by atoms with Crippen molar-refractivity contribution in [3.8, 4) is 34.1 Å². The Morgan fingerprint density at radius 1 is 1.08 bits per heavy atom. The summed E-state index contributed by atoms with van der Waals surface area (Å²) in [5.74, 6) is 1.61. The van der Waals surface area contributed by atoms with Gasteiger partial charge in [0, 0.05) is 10.6 Å². The van der Waals surface area contributed by atoms with Crippen molar-refractivity contribution in [2.45, 2.75) is 6.61 Å². The van der Waals surface area contributed by atoms with Gasteiger partial charge in [0.1, 0.15) is 5.69 Å². The maximum absolute atomic E-state index is 9.86. The molecule has 0 aliphatic heterocycles. The van der Waals surface area contributed by atoms with Crippen LogP contribution in [0.15, 0.2) is 47.0 Å². The molecule has 24 heavy (non-hydrogen) atoms. The lowest BCUT2D eigenvalue weighted by atomic mass is 10.0. The van der Waals surface area contributed by atoms with Gasteiger partial charge < -0.3 is 19.1 Å². The second kappa shape index (κ2) is 6.95. The average Bonchev–Trinajstić information content (AvgIpc) is 3.05. The summed E-state index contributed by atoms with van der Waals surface area (Å²) in [7, 11) is 3.12. The molecule has 0 aliphatic carbocycles. The number of benzene rings is 2. The fourth-order valence-corrected chi connectivity index (χ4v) is 2.70. The first-order chi connectivity index (χ1) is 11.7. The topological polar surface area (TPSA) is 64.7 Å². The Morgan fingerprint density at radius 2 is 1.83 bits per heavy atom. The summed E-state index contributed by atoms with van der Waals surface area (Å²) in [5.41, 5.74) is 2.55. The van der Waals surface area contributed by atoms with Gasteiger partial charge in [0.25, 0.3) is 0 Å². The van der Waals surface area contributed by atoms with Crippen molar-refractivity contribution in [2.24, 2.45) is 0 Å². The monoisotopic (exact) mass is 345 g/mol. The number of para-hydroxylation sites is 1. The molecule has 0 atom stereocenters. The number of hydrogen-bond donors (Lipinski definition) is 1. The molecule has 0 radical (unpaired) electrons. The normalized spacial score (nSPS) is 10.7. The maximum Gasteiger partial charge on any atom is 0.173 e. The molecule has 0 unspecified atom stereocenters. The van der Waals surface area contributed by atoms with E-state index in [0.717, 1.165) is 5.56 Å². The third kappa shape index (κ3) is 2.84. The van der Waals surface area contributed by atoms with Gasteiger partial charge in [0.2, 0.25) is 0 Å². The molecular formula is C18H16ClNO4. The second-order valence-corrected chi connectivity index (χ2v) is 5.48. The molecule has 124 valence electrons. The zero-order valence-corrected chi connectivity index (χ0v) is 14.0. The van der Waals surface area contributed by atoms with Gasteiger partial charge in [-0.1, -0.05) is 22.8 Å². The Hall–Kier alpha value is -2.50. The molecule has 0 amide bonds. The Kier molecular flexibility index (Phi) is 4.74. The molecule has 5 nitrogen and oxygen atoms in total. The standard InChI is InChI=1S/C18H16ClNO4/c1-22-15-5-3-4-13(18(15)23-2)16-14(10-21)17(24-20-16)11-6-8-12(19)9-7-11/h3-9,21H,10H2,1-2H3. The highest BCUT2D eigenvalue weighted by molar-refractivity contribution is 6.30. The Balaban J connectivity index is 2.16. The zero-order valence-electron chi connectivity index (χ0n) is 13.2. The van der Waals surface area contributed by atoms with Crippen LogP contribution in [-0.4, -0.2) is 24.5 Å². The molecule has 0 spiro atoms. The largest absolute Gasteiger partial charge is 0.493 e. The van der Waals surface area contributed by atoms with Crippen molar-refractivity contribution >= 4 is 11.6 Å². The van der Waals surface area contributed by atoms with Crippen LogP contribution >= 0.6 is 11.6 Å². The van der Waals surface area contributed by atoms with E-state index in [1.54, 1.807) is 32.4 Å². The fraction of sp³-hybridized carbons (Fsp3) is 0.167. The Morgan fingerprint density at radius 3 is 2.46 bits per heavy atom. The minimum absolute atomic E-state index is 0.225. The Bertz CT molecular complexity index is 843. The van der Waals surface area contributed by atoms with E-state index in [9.17, 15) is 5.11 Å². The lowest BCUT2D eigenvalue weighted by Crippen LogP contribution is -1.95. The number of hydrogen-bond acceptors (Lipinski definition) is 5. The molecule has 3 aromatic rings. The van der Waals surface area contributed by atoms with Gasteiger partial charge in [-0.2, -0.15) is 0 Å². The average molecular weight is 346 g/mol. The predicted octanol–water partition coefficient (Wildman–Crippen LogP) is 4.17. The quantitative estimate of drug-likeness (QED) is 0.751. The number of aliphatic hydroxyl groups excluding tert-OH is 1. The van der Waals surface area contributed by atoms with Gasteiger partial charge in [-0.05, 0) is 36.4 Å². The number of rotatable bonds is 5. The molecule has 0 saturated heterocycles. The van der Waals surface area contributed by atoms with Crippen LogP contribution in [0.25, 0.3) is 22.6 Å². The van der Waals surface area contributed by atoms with E-state index in [2.05, 4.69) is 5.16 Å². The third-order valence-electron chi connectivity index (χ3n) is 3.71. The molecule has 3 rings (SSSR count). The zero-order chi connectivity index (χ0) is 17.1. The van der Waals surface area contributed by atoms with Gasteiger partial charge in [-0.3, -0.25) is 0 Å². The summed E-state index contributed by atoms with van der Waals surface area (Å²) in [6, 6.07) is 12.6. The minimum Gasteiger partial charge on any atom is -0.493 e. The molecule has 0 aliphatic rings. The highest BCUT2D eigenvalue weighted by Crippen LogP contribution is 2.41. The molecule has 1 N–H and O–H groups in total. The van der Waals surface area contributed by atoms with Crippen LogP contribution in [0, 0.1) is 0 Å². The lowest BCUT2D eigenvalue weighted by molar-refractivity contribution is 0.281. The van der Waals surface area contributed by atoms with Crippen molar-refractivity contribution in [1.29, 1.82) is 0 Å². The summed E-state index contributed by atoms with van der Waals surface area (Å²) in [4.78, 5) is 0. The van der Waals surface area contributed by atoms with Crippen LogP contribution in [0.3, 0.4) is 0 Å². The number of aliphatic hydroxyl groups is 1. The van der Waals surface area contributed by atoms with Crippen LogP contribution in [-0.2, 0) is 6.61 Å². The molecule has 0 fully saturated rings. The first-order valence-corrected chi connectivity index (χ1v) is 7.64. The van der Waals surface area contributed by atoms with Crippen LogP contribution in [0.5, 0.6) is 11.5 Å². The van der Waals surface area contributed by atoms with E-state index in [-0.39, 0.29) is 6.61 Å². The summed E-state index contributed by atoms with van der Waals surface area (Å²) >= 11 is 5.92. The molecular weight excluding hydrogens is 330 g/mol. The molecule has 2 aromatic carbocycles. The minimum atomic E-state index is -0.225. The maximum atomic E-state index is 9.86.